The molecule has 6 heteroatoms. The third-order valence-corrected chi connectivity index (χ3v) is 4.85. The summed E-state index contributed by atoms with van der Waals surface area (Å²) in [7, 11) is 1.63. The number of hydrogen-bond donors (Lipinski definition) is 1. The van der Waals surface area contributed by atoms with Crippen molar-refractivity contribution < 1.29 is 14.3 Å². The van der Waals surface area contributed by atoms with E-state index in [1.54, 1.807) is 12.5 Å². The Morgan fingerprint density at radius 3 is 2.87 bits per heavy atom. The van der Waals surface area contributed by atoms with E-state index in [0.29, 0.717) is 5.69 Å². The quantitative estimate of drug-likeness (QED) is 0.914. The molecule has 2 heterocycles. The summed E-state index contributed by atoms with van der Waals surface area (Å²) in [5.74, 6) is 0.651. The molecule has 1 N–H and O–H groups in total. The van der Waals surface area contributed by atoms with Crippen molar-refractivity contribution in [2.45, 2.75) is 31.9 Å². The molecule has 1 saturated heterocycles. The van der Waals surface area contributed by atoms with E-state index in [2.05, 4.69) is 10.3 Å². The molecule has 122 valence electrons. The second-order valence-corrected chi connectivity index (χ2v) is 6.44. The fourth-order valence-electron chi connectivity index (χ4n) is 2.61. The molecule has 0 unspecified atom stereocenters. The van der Waals surface area contributed by atoms with Crippen molar-refractivity contribution in [2.75, 3.05) is 13.7 Å². The topological polar surface area (TPSA) is 60.5 Å². The normalized spacial score (nSPS) is 18.6. The van der Waals surface area contributed by atoms with Crippen molar-refractivity contribution in [3.05, 3.63) is 35.3 Å². The maximum absolute atomic E-state index is 12.3. The Morgan fingerprint density at radius 1 is 1.43 bits per heavy atom. The summed E-state index contributed by atoms with van der Waals surface area (Å²) in [5.41, 5.74) is 1.42. The monoisotopic (exact) mass is 332 g/mol. The minimum Gasteiger partial charge on any atom is -0.497 e. The number of thiazole rings is 1. The summed E-state index contributed by atoms with van der Waals surface area (Å²) in [5, 5.41) is 5.59. The van der Waals surface area contributed by atoms with Crippen molar-refractivity contribution in [1.29, 1.82) is 0 Å². The molecule has 23 heavy (non-hydrogen) atoms. The summed E-state index contributed by atoms with van der Waals surface area (Å²) in [6, 6.07) is 7.64. The number of amides is 1. The highest BCUT2D eigenvalue weighted by molar-refractivity contribution is 7.13. The molecule has 5 nitrogen and oxygen atoms in total. The summed E-state index contributed by atoms with van der Waals surface area (Å²) < 4.78 is 10.8. The predicted octanol–water partition coefficient (Wildman–Crippen LogP) is 3.12. The van der Waals surface area contributed by atoms with E-state index in [9.17, 15) is 4.79 Å². The second kappa shape index (κ2) is 7.10. The van der Waals surface area contributed by atoms with Gasteiger partial charge in [0, 0.05) is 17.6 Å². The maximum atomic E-state index is 12.3. The van der Waals surface area contributed by atoms with E-state index in [-0.39, 0.29) is 18.1 Å². The van der Waals surface area contributed by atoms with Gasteiger partial charge in [0.1, 0.15) is 16.5 Å². The summed E-state index contributed by atoms with van der Waals surface area (Å²) >= 11 is 1.46. The molecule has 0 radical (unpaired) electrons. The number of carbonyl (C=O) groups is 1. The van der Waals surface area contributed by atoms with Gasteiger partial charge in [-0.1, -0.05) is 0 Å². The number of rotatable bonds is 5. The van der Waals surface area contributed by atoms with Crippen LogP contribution in [0.2, 0.25) is 0 Å². The number of methoxy groups -OCH3 is 1. The Balaban J connectivity index is 1.66. The second-order valence-electron chi connectivity index (χ2n) is 5.58. The van der Waals surface area contributed by atoms with Crippen LogP contribution >= 0.6 is 11.3 Å². The zero-order valence-corrected chi connectivity index (χ0v) is 14.1. The Bertz CT molecular complexity index is 663. The number of carbonyl (C=O) groups excluding carboxylic acids is 1. The lowest BCUT2D eigenvalue weighted by molar-refractivity contribution is 0.0710. The van der Waals surface area contributed by atoms with E-state index >= 15 is 0 Å². The van der Waals surface area contributed by atoms with Crippen LogP contribution in [0, 0.1) is 0 Å². The number of nitrogens with one attached hydrogen (secondary N) is 1. The van der Waals surface area contributed by atoms with Crippen LogP contribution in [0.5, 0.6) is 5.75 Å². The number of ether oxygens (including phenoxy) is 2. The van der Waals surface area contributed by atoms with Crippen LogP contribution in [-0.2, 0) is 4.74 Å². The van der Waals surface area contributed by atoms with Gasteiger partial charge in [-0.25, -0.2) is 4.98 Å². The Kier molecular flexibility index (Phi) is 4.93. The van der Waals surface area contributed by atoms with E-state index in [4.69, 9.17) is 9.47 Å². The first kappa shape index (κ1) is 16.0. The minimum atomic E-state index is -0.149. The van der Waals surface area contributed by atoms with E-state index < -0.39 is 0 Å². The molecule has 1 aliphatic rings. The van der Waals surface area contributed by atoms with Crippen molar-refractivity contribution in [1.82, 2.24) is 10.3 Å². The molecule has 0 bridgehead atoms. The first-order valence-corrected chi connectivity index (χ1v) is 8.58. The number of benzene rings is 1. The van der Waals surface area contributed by atoms with E-state index in [1.807, 2.05) is 31.2 Å². The minimum absolute atomic E-state index is 0.00358. The van der Waals surface area contributed by atoms with Gasteiger partial charge in [0.15, 0.2) is 0 Å². The van der Waals surface area contributed by atoms with Crippen LogP contribution in [-0.4, -0.2) is 36.8 Å². The van der Waals surface area contributed by atoms with Gasteiger partial charge < -0.3 is 14.8 Å². The largest absolute Gasteiger partial charge is 0.497 e. The van der Waals surface area contributed by atoms with Gasteiger partial charge >= 0.3 is 0 Å². The summed E-state index contributed by atoms with van der Waals surface area (Å²) in [6.45, 7) is 2.76. The van der Waals surface area contributed by atoms with Crippen LogP contribution in [0.4, 0.5) is 0 Å². The van der Waals surface area contributed by atoms with Gasteiger partial charge in [0.25, 0.3) is 5.91 Å². The predicted molar refractivity (Wildman–Crippen MR) is 90.0 cm³/mol. The fraction of sp³-hybridized carbons (Fsp3) is 0.412. The lowest BCUT2D eigenvalue weighted by Gasteiger charge is -2.19. The average molecular weight is 332 g/mol. The number of aromatic nitrogens is 1. The van der Waals surface area contributed by atoms with E-state index in [0.717, 1.165) is 35.8 Å². The molecular formula is C17H20N2O3S. The van der Waals surface area contributed by atoms with Crippen LogP contribution in [0.15, 0.2) is 29.6 Å². The molecule has 2 aromatic rings. The zero-order chi connectivity index (χ0) is 16.2. The van der Waals surface area contributed by atoms with Crippen LogP contribution in [0.25, 0.3) is 10.6 Å². The van der Waals surface area contributed by atoms with Crippen molar-refractivity contribution in [2.24, 2.45) is 0 Å². The van der Waals surface area contributed by atoms with Crippen LogP contribution < -0.4 is 10.1 Å². The first-order chi connectivity index (χ1) is 11.2. The number of hydrogen-bond acceptors (Lipinski definition) is 5. The molecule has 1 aromatic carbocycles. The standard InChI is InChI=1S/C17H20N2O3S/c1-11(15-4-3-9-22-15)18-16(20)14-10-23-17(19-14)12-5-7-13(21-2)8-6-12/h5-8,10-11,15H,3-4,9H2,1-2H3,(H,18,20)/t11-,15-/m0/s1. The lowest BCUT2D eigenvalue weighted by Crippen LogP contribution is -2.40. The molecular weight excluding hydrogens is 312 g/mol. The highest BCUT2D eigenvalue weighted by Gasteiger charge is 2.24. The molecule has 3 rings (SSSR count). The van der Waals surface area contributed by atoms with E-state index in [1.165, 1.54) is 11.3 Å². The smallest absolute Gasteiger partial charge is 0.271 e. The Morgan fingerprint density at radius 2 is 2.22 bits per heavy atom. The highest BCUT2D eigenvalue weighted by atomic mass is 32.1. The fourth-order valence-corrected chi connectivity index (χ4v) is 3.42. The first-order valence-electron chi connectivity index (χ1n) is 7.70. The van der Waals surface area contributed by atoms with Gasteiger partial charge in [-0.2, -0.15) is 0 Å². The molecule has 1 aromatic heterocycles. The van der Waals surface area contributed by atoms with Crippen molar-refractivity contribution in [3.63, 3.8) is 0 Å². The average Bonchev–Trinajstić information content (AvgIpc) is 3.26. The summed E-state index contributed by atoms with van der Waals surface area (Å²) in [6.07, 6.45) is 2.16. The third kappa shape index (κ3) is 3.71. The molecule has 0 saturated carbocycles. The maximum Gasteiger partial charge on any atom is 0.271 e. The molecule has 0 aliphatic carbocycles. The highest BCUT2D eigenvalue weighted by Crippen LogP contribution is 2.26. The zero-order valence-electron chi connectivity index (χ0n) is 13.2. The molecule has 0 spiro atoms. The van der Waals surface area contributed by atoms with Gasteiger partial charge in [0.05, 0.1) is 19.3 Å². The molecule has 1 amide bonds. The SMILES string of the molecule is COc1ccc(-c2nc(C(=O)N[C@@H](C)[C@@H]3CCCO3)cs2)cc1. The third-order valence-electron chi connectivity index (χ3n) is 3.96. The number of nitrogens with zero attached hydrogens (tertiary/aromatic N) is 1. The molecule has 2 atom stereocenters. The lowest BCUT2D eigenvalue weighted by atomic mass is 10.1. The van der Waals surface area contributed by atoms with Gasteiger partial charge in [-0.05, 0) is 44.0 Å². The molecule has 1 aliphatic heterocycles. The van der Waals surface area contributed by atoms with Crippen LogP contribution in [0.1, 0.15) is 30.3 Å². The van der Waals surface area contributed by atoms with Crippen molar-refractivity contribution >= 4 is 17.2 Å². The van der Waals surface area contributed by atoms with Gasteiger partial charge in [0.2, 0.25) is 0 Å². The van der Waals surface area contributed by atoms with Gasteiger partial charge in [-0.15, -0.1) is 11.3 Å². The van der Waals surface area contributed by atoms with Gasteiger partial charge in [-0.3, -0.25) is 4.79 Å². The molecule has 1 fully saturated rings. The Labute approximate surface area is 139 Å². The Hall–Kier alpha value is -1.92. The summed E-state index contributed by atoms with van der Waals surface area (Å²) in [4.78, 5) is 16.8. The van der Waals surface area contributed by atoms with Crippen molar-refractivity contribution in [3.8, 4) is 16.3 Å². The van der Waals surface area contributed by atoms with Crippen LogP contribution in [0.3, 0.4) is 0 Å².